The van der Waals surface area contributed by atoms with Crippen LogP contribution in [0, 0.1) is 5.92 Å². The van der Waals surface area contributed by atoms with Gasteiger partial charge in [-0.3, -0.25) is 9.69 Å². The van der Waals surface area contributed by atoms with E-state index in [-0.39, 0.29) is 11.9 Å². The smallest absolute Gasteiger partial charge is 0.237 e. The van der Waals surface area contributed by atoms with Gasteiger partial charge in [-0.05, 0) is 70.6 Å². The van der Waals surface area contributed by atoms with E-state index in [1.54, 1.807) is 0 Å². The zero-order valence-electron chi connectivity index (χ0n) is 12.3. The number of amides is 1. The molecule has 0 aromatic rings. The number of nitrogens with one attached hydrogen (secondary N) is 2. The zero-order valence-corrected chi connectivity index (χ0v) is 12.3. The van der Waals surface area contributed by atoms with Gasteiger partial charge in [-0.15, -0.1) is 0 Å². The van der Waals surface area contributed by atoms with E-state index in [1.807, 2.05) is 0 Å². The van der Waals surface area contributed by atoms with Crippen LogP contribution in [0.3, 0.4) is 0 Å². The Kier molecular flexibility index (Phi) is 6.11. The second kappa shape index (κ2) is 7.85. The molecule has 0 bridgehead atoms. The number of rotatable bonds is 5. The van der Waals surface area contributed by atoms with E-state index in [2.05, 4.69) is 22.5 Å². The van der Waals surface area contributed by atoms with Crippen molar-refractivity contribution in [2.24, 2.45) is 5.92 Å². The van der Waals surface area contributed by atoms with Gasteiger partial charge < -0.3 is 10.6 Å². The third-order valence-electron chi connectivity index (χ3n) is 4.46. The number of hydrogen-bond donors (Lipinski definition) is 2. The quantitative estimate of drug-likeness (QED) is 0.739. The van der Waals surface area contributed by atoms with Gasteiger partial charge in [0.15, 0.2) is 0 Å². The van der Waals surface area contributed by atoms with Crippen molar-refractivity contribution in [1.82, 2.24) is 15.5 Å². The first-order valence-corrected chi connectivity index (χ1v) is 8.03. The first-order chi connectivity index (χ1) is 9.31. The molecule has 0 aliphatic carbocycles. The second-order valence-electron chi connectivity index (χ2n) is 5.99. The van der Waals surface area contributed by atoms with Crippen LogP contribution in [0.15, 0.2) is 0 Å². The summed E-state index contributed by atoms with van der Waals surface area (Å²) in [4.78, 5) is 14.5. The molecular formula is C15H29N3O. The van der Waals surface area contributed by atoms with E-state index in [4.69, 9.17) is 0 Å². The van der Waals surface area contributed by atoms with Crippen molar-refractivity contribution < 1.29 is 4.79 Å². The Morgan fingerprint density at radius 2 is 2.05 bits per heavy atom. The first kappa shape index (κ1) is 14.8. The monoisotopic (exact) mass is 267 g/mol. The van der Waals surface area contributed by atoms with Crippen LogP contribution in [0.25, 0.3) is 0 Å². The van der Waals surface area contributed by atoms with Gasteiger partial charge in [0.05, 0.1) is 6.04 Å². The third kappa shape index (κ3) is 4.46. The second-order valence-corrected chi connectivity index (χ2v) is 5.99. The molecule has 1 unspecified atom stereocenters. The number of nitrogens with zero attached hydrogens (tertiary/aromatic N) is 1. The molecule has 2 fully saturated rings. The Morgan fingerprint density at radius 1 is 1.26 bits per heavy atom. The normalized spacial score (nSPS) is 27.0. The molecule has 1 atom stereocenters. The number of piperidine rings is 1. The van der Waals surface area contributed by atoms with Crippen LogP contribution in [-0.4, -0.2) is 49.6 Å². The maximum atomic E-state index is 12.0. The molecule has 2 saturated heterocycles. The van der Waals surface area contributed by atoms with E-state index in [0.717, 1.165) is 51.5 Å². The van der Waals surface area contributed by atoms with Crippen LogP contribution in [0.4, 0.5) is 0 Å². The predicted molar refractivity (Wildman–Crippen MR) is 78.1 cm³/mol. The maximum absolute atomic E-state index is 12.0. The van der Waals surface area contributed by atoms with E-state index >= 15 is 0 Å². The van der Waals surface area contributed by atoms with Gasteiger partial charge in [-0.2, -0.15) is 0 Å². The Morgan fingerprint density at radius 3 is 2.79 bits per heavy atom. The van der Waals surface area contributed by atoms with E-state index in [9.17, 15) is 4.79 Å². The highest BCUT2D eigenvalue weighted by Crippen LogP contribution is 2.21. The number of carbonyl (C=O) groups excluding carboxylic acids is 1. The van der Waals surface area contributed by atoms with Crippen molar-refractivity contribution in [3.8, 4) is 0 Å². The molecule has 0 radical (unpaired) electrons. The topological polar surface area (TPSA) is 44.4 Å². The fraction of sp³-hybridized carbons (Fsp3) is 0.933. The van der Waals surface area contributed by atoms with E-state index in [1.165, 1.54) is 25.7 Å². The minimum Gasteiger partial charge on any atom is -0.355 e. The lowest BCUT2D eigenvalue weighted by atomic mass is 9.94. The largest absolute Gasteiger partial charge is 0.355 e. The maximum Gasteiger partial charge on any atom is 0.237 e. The molecule has 0 saturated carbocycles. The molecule has 2 aliphatic heterocycles. The standard InChI is InChI=1S/C15H29N3O/c1-2-8-16-12-13-6-10-18(11-7-13)14-5-3-4-9-17-15(14)19/h13-14,16H,2-12H2,1H3,(H,17,19). The van der Waals surface area contributed by atoms with Crippen molar-refractivity contribution >= 4 is 5.91 Å². The molecular weight excluding hydrogens is 238 g/mol. The predicted octanol–water partition coefficient (Wildman–Crippen LogP) is 1.37. The summed E-state index contributed by atoms with van der Waals surface area (Å²) in [5.41, 5.74) is 0. The van der Waals surface area contributed by atoms with Crippen molar-refractivity contribution in [1.29, 1.82) is 0 Å². The fourth-order valence-electron chi connectivity index (χ4n) is 3.22. The number of carbonyl (C=O) groups is 1. The van der Waals surface area contributed by atoms with Gasteiger partial charge in [-0.1, -0.05) is 6.92 Å². The van der Waals surface area contributed by atoms with Crippen molar-refractivity contribution in [2.75, 3.05) is 32.7 Å². The Hall–Kier alpha value is -0.610. The van der Waals surface area contributed by atoms with Crippen LogP contribution in [0.1, 0.15) is 45.4 Å². The minimum atomic E-state index is 0.145. The molecule has 0 aromatic carbocycles. The summed E-state index contributed by atoms with van der Waals surface area (Å²) >= 11 is 0. The van der Waals surface area contributed by atoms with Gasteiger partial charge in [0, 0.05) is 6.54 Å². The lowest BCUT2D eigenvalue weighted by Gasteiger charge is -2.36. The SMILES string of the molecule is CCCNCC1CCN(C2CCCCNC2=O)CC1. The lowest BCUT2D eigenvalue weighted by molar-refractivity contribution is -0.126. The Labute approximate surface area is 117 Å². The lowest BCUT2D eigenvalue weighted by Crippen LogP contribution is -2.49. The summed E-state index contributed by atoms with van der Waals surface area (Å²) in [5, 5.41) is 6.57. The molecule has 2 rings (SSSR count). The molecule has 2 N–H and O–H groups in total. The van der Waals surface area contributed by atoms with Crippen molar-refractivity contribution in [3.05, 3.63) is 0 Å². The fourth-order valence-corrected chi connectivity index (χ4v) is 3.22. The van der Waals surface area contributed by atoms with Crippen LogP contribution >= 0.6 is 0 Å². The third-order valence-corrected chi connectivity index (χ3v) is 4.46. The molecule has 2 heterocycles. The molecule has 19 heavy (non-hydrogen) atoms. The minimum absolute atomic E-state index is 0.145. The summed E-state index contributed by atoms with van der Waals surface area (Å²) in [7, 11) is 0. The average molecular weight is 267 g/mol. The van der Waals surface area contributed by atoms with Crippen LogP contribution in [0.5, 0.6) is 0 Å². The van der Waals surface area contributed by atoms with E-state index in [0.29, 0.717) is 0 Å². The Bertz CT molecular complexity index is 275. The van der Waals surface area contributed by atoms with Crippen molar-refractivity contribution in [3.63, 3.8) is 0 Å². The summed E-state index contributed by atoms with van der Waals surface area (Å²) in [5.74, 6) is 1.07. The van der Waals surface area contributed by atoms with E-state index < -0.39 is 0 Å². The van der Waals surface area contributed by atoms with Gasteiger partial charge in [0.1, 0.15) is 0 Å². The summed E-state index contributed by atoms with van der Waals surface area (Å²) in [6, 6.07) is 0.145. The molecule has 2 aliphatic rings. The van der Waals surface area contributed by atoms with Gasteiger partial charge >= 0.3 is 0 Å². The van der Waals surface area contributed by atoms with Crippen LogP contribution in [0.2, 0.25) is 0 Å². The van der Waals surface area contributed by atoms with Gasteiger partial charge in [-0.25, -0.2) is 0 Å². The highest BCUT2D eigenvalue weighted by Gasteiger charge is 2.30. The average Bonchev–Trinajstić information content (AvgIpc) is 2.65. The van der Waals surface area contributed by atoms with Crippen LogP contribution < -0.4 is 10.6 Å². The summed E-state index contributed by atoms with van der Waals surface area (Å²) in [6.45, 7) is 7.55. The first-order valence-electron chi connectivity index (χ1n) is 8.03. The van der Waals surface area contributed by atoms with Crippen molar-refractivity contribution in [2.45, 2.75) is 51.5 Å². The highest BCUT2D eigenvalue weighted by atomic mass is 16.2. The zero-order chi connectivity index (χ0) is 13.5. The summed E-state index contributed by atoms with van der Waals surface area (Å²) in [6.07, 6.45) is 7.05. The van der Waals surface area contributed by atoms with Gasteiger partial charge in [0.25, 0.3) is 0 Å². The van der Waals surface area contributed by atoms with Crippen LogP contribution in [-0.2, 0) is 4.79 Å². The highest BCUT2D eigenvalue weighted by molar-refractivity contribution is 5.81. The van der Waals surface area contributed by atoms with Gasteiger partial charge in [0.2, 0.25) is 5.91 Å². The molecule has 0 spiro atoms. The molecule has 0 aromatic heterocycles. The Balaban J connectivity index is 1.74. The molecule has 1 amide bonds. The molecule has 4 nitrogen and oxygen atoms in total. The molecule has 110 valence electrons. The number of hydrogen-bond acceptors (Lipinski definition) is 3. The summed E-state index contributed by atoms with van der Waals surface area (Å²) < 4.78 is 0. The number of likely N-dealkylation sites (tertiary alicyclic amines) is 1. The molecule has 4 heteroatoms.